The first kappa shape index (κ1) is 26.1. The summed E-state index contributed by atoms with van der Waals surface area (Å²) in [6.07, 6.45) is 1.51. The summed E-state index contributed by atoms with van der Waals surface area (Å²) in [6, 6.07) is 28.0. The molecule has 188 valence electrons. The highest BCUT2D eigenvalue weighted by Gasteiger charge is 2.14. The summed E-state index contributed by atoms with van der Waals surface area (Å²) in [5, 5.41) is 4.07. The molecule has 0 aliphatic rings. The highest BCUT2D eigenvalue weighted by atomic mass is 79.9. The van der Waals surface area contributed by atoms with Crippen LogP contribution in [0.25, 0.3) is 0 Å². The standard InChI is InChI=1S/C28H24BrN3O4S/c1-20-7-14-26(15-8-20)37(34,35)32-25-12-9-22(10-13-25)28(33)31-30-18-23-17-24(29)11-16-27(23)36-19-21-5-3-2-4-6-21/h2-18,32H,19H2,1H3,(H,31,33)/b30-18+. The van der Waals surface area contributed by atoms with E-state index in [-0.39, 0.29) is 4.90 Å². The van der Waals surface area contributed by atoms with Crippen molar-refractivity contribution in [2.45, 2.75) is 18.4 Å². The molecule has 7 nitrogen and oxygen atoms in total. The first-order valence-electron chi connectivity index (χ1n) is 11.3. The Hall–Kier alpha value is -3.95. The van der Waals surface area contributed by atoms with Gasteiger partial charge in [0, 0.05) is 21.3 Å². The quantitative estimate of drug-likeness (QED) is 0.191. The van der Waals surface area contributed by atoms with Gasteiger partial charge in [-0.05, 0) is 67.1 Å². The van der Waals surface area contributed by atoms with Gasteiger partial charge in [0.1, 0.15) is 12.4 Å². The molecule has 0 atom stereocenters. The van der Waals surface area contributed by atoms with E-state index in [1.54, 1.807) is 24.3 Å². The lowest BCUT2D eigenvalue weighted by Gasteiger charge is -2.10. The lowest BCUT2D eigenvalue weighted by Crippen LogP contribution is -2.18. The minimum atomic E-state index is -3.73. The first-order chi connectivity index (χ1) is 17.8. The molecule has 0 heterocycles. The molecule has 0 unspecified atom stereocenters. The SMILES string of the molecule is Cc1ccc(S(=O)(=O)Nc2ccc(C(=O)N/N=C/c3cc(Br)ccc3OCc3ccccc3)cc2)cc1. The van der Waals surface area contributed by atoms with Gasteiger partial charge in [-0.3, -0.25) is 9.52 Å². The van der Waals surface area contributed by atoms with Gasteiger partial charge in [0.25, 0.3) is 15.9 Å². The molecule has 0 aliphatic carbocycles. The molecule has 4 rings (SSSR count). The van der Waals surface area contributed by atoms with Gasteiger partial charge in [0.05, 0.1) is 11.1 Å². The van der Waals surface area contributed by atoms with E-state index in [2.05, 4.69) is 31.2 Å². The second kappa shape index (κ2) is 11.9. The molecule has 4 aromatic rings. The Bertz CT molecular complexity index is 1510. The Kier molecular flexibility index (Phi) is 8.37. The monoisotopic (exact) mass is 577 g/mol. The number of carbonyl (C=O) groups is 1. The normalized spacial score (nSPS) is 11.3. The molecule has 4 aromatic carbocycles. The molecule has 9 heteroatoms. The number of benzene rings is 4. The van der Waals surface area contributed by atoms with Crippen molar-refractivity contribution in [3.63, 3.8) is 0 Å². The number of amides is 1. The summed E-state index contributed by atoms with van der Waals surface area (Å²) in [6.45, 7) is 2.28. The fourth-order valence-electron chi connectivity index (χ4n) is 3.33. The fourth-order valence-corrected chi connectivity index (χ4v) is 4.77. The van der Waals surface area contributed by atoms with E-state index in [4.69, 9.17) is 4.74 Å². The molecule has 0 saturated heterocycles. The van der Waals surface area contributed by atoms with Crippen LogP contribution in [0.2, 0.25) is 0 Å². The van der Waals surface area contributed by atoms with Crippen molar-refractivity contribution < 1.29 is 17.9 Å². The van der Waals surface area contributed by atoms with Crippen LogP contribution in [0.15, 0.2) is 112 Å². The highest BCUT2D eigenvalue weighted by molar-refractivity contribution is 9.10. The summed E-state index contributed by atoms with van der Waals surface area (Å²) >= 11 is 3.44. The molecule has 0 aliphatic heterocycles. The lowest BCUT2D eigenvalue weighted by atomic mass is 10.2. The van der Waals surface area contributed by atoms with E-state index in [0.29, 0.717) is 29.2 Å². The van der Waals surface area contributed by atoms with Crippen LogP contribution in [0.3, 0.4) is 0 Å². The van der Waals surface area contributed by atoms with E-state index in [0.717, 1.165) is 15.6 Å². The molecule has 2 N–H and O–H groups in total. The Morgan fingerprint density at radius 1 is 0.946 bits per heavy atom. The van der Waals surface area contributed by atoms with Crippen molar-refractivity contribution >= 4 is 43.8 Å². The predicted molar refractivity (Wildman–Crippen MR) is 148 cm³/mol. The fraction of sp³-hybridized carbons (Fsp3) is 0.0714. The number of hydrogen-bond donors (Lipinski definition) is 2. The number of carbonyl (C=O) groups excluding carboxylic acids is 1. The van der Waals surface area contributed by atoms with Gasteiger partial charge in [-0.25, -0.2) is 13.8 Å². The number of aryl methyl sites for hydroxylation is 1. The van der Waals surface area contributed by atoms with Gasteiger partial charge in [-0.1, -0.05) is 64.0 Å². The zero-order chi connectivity index (χ0) is 26.3. The Balaban J connectivity index is 1.38. The van der Waals surface area contributed by atoms with Crippen LogP contribution in [0, 0.1) is 6.92 Å². The number of nitrogens with one attached hydrogen (secondary N) is 2. The summed E-state index contributed by atoms with van der Waals surface area (Å²) < 4.78 is 34.4. The summed E-state index contributed by atoms with van der Waals surface area (Å²) in [4.78, 5) is 12.7. The van der Waals surface area contributed by atoms with Crippen LogP contribution in [-0.4, -0.2) is 20.5 Å². The number of halogens is 1. The van der Waals surface area contributed by atoms with E-state index < -0.39 is 15.9 Å². The van der Waals surface area contributed by atoms with Gasteiger partial charge in [-0.15, -0.1) is 0 Å². The molecule has 0 radical (unpaired) electrons. The summed E-state index contributed by atoms with van der Waals surface area (Å²) in [5.74, 6) is 0.182. The van der Waals surface area contributed by atoms with Gasteiger partial charge >= 0.3 is 0 Å². The average molecular weight is 578 g/mol. The third kappa shape index (κ3) is 7.28. The van der Waals surface area contributed by atoms with Crippen LogP contribution < -0.4 is 14.9 Å². The number of hydrazone groups is 1. The van der Waals surface area contributed by atoms with Crippen molar-refractivity contribution in [1.82, 2.24) is 5.43 Å². The zero-order valence-electron chi connectivity index (χ0n) is 19.9. The largest absolute Gasteiger partial charge is 0.488 e. The second-order valence-corrected chi connectivity index (χ2v) is 10.7. The Morgan fingerprint density at radius 3 is 2.35 bits per heavy atom. The summed E-state index contributed by atoms with van der Waals surface area (Å²) in [7, 11) is -3.73. The van der Waals surface area contributed by atoms with Gasteiger partial charge in [0.2, 0.25) is 0 Å². The third-order valence-corrected chi connectivity index (χ3v) is 7.20. The average Bonchev–Trinajstić information content (AvgIpc) is 2.89. The molecule has 0 fully saturated rings. The third-order valence-electron chi connectivity index (χ3n) is 5.31. The Labute approximate surface area is 224 Å². The molecule has 0 bridgehead atoms. The maximum Gasteiger partial charge on any atom is 0.271 e. The van der Waals surface area contributed by atoms with Crippen molar-refractivity contribution in [3.8, 4) is 5.75 Å². The van der Waals surface area contributed by atoms with Gasteiger partial charge in [-0.2, -0.15) is 5.10 Å². The van der Waals surface area contributed by atoms with E-state index in [1.165, 1.54) is 30.5 Å². The minimum Gasteiger partial charge on any atom is -0.488 e. The van der Waals surface area contributed by atoms with Crippen molar-refractivity contribution in [1.29, 1.82) is 0 Å². The molecule has 37 heavy (non-hydrogen) atoms. The highest BCUT2D eigenvalue weighted by Crippen LogP contribution is 2.23. The minimum absolute atomic E-state index is 0.161. The predicted octanol–water partition coefficient (Wildman–Crippen LogP) is 5.90. The smallest absolute Gasteiger partial charge is 0.271 e. The van der Waals surface area contributed by atoms with Crippen LogP contribution in [-0.2, 0) is 16.6 Å². The maximum atomic E-state index is 12.6. The molecule has 1 amide bonds. The number of ether oxygens (including phenoxy) is 1. The molecule has 0 saturated carbocycles. The number of sulfonamides is 1. The topological polar surface area (TPSA) is 96.9 Å². The first-order valence-corrected chi connectivity index (χ1v) is 13.6. The van der Waals surface area contributed by atoms with Gasteiger partial charge < -0.3 is 4.74 Å². The molecule has 0 aromatic heterocycles. The Morgan fingerprint density at radius 2 is 1.65 bits per heavy atom. The van der Waals surface area contributed by atoms with Crippen molar-refractivity contribution in [3.05, 3.63) is 124 Å². The van der Waals surface area contributed by atoms with E-state index in [9.17, 15) is 13.2 Å². The van der Waals surface area contributed by atoms with Crippen LogP contribution in [0.4, 0.5) is 5.69 Å². The van der Waals surface area contributed by atoms with Crippen LogP contribution in [0.5, 0.6) is 5.75 Å². The number of nitrogens with zero attached hydrogens (tertiary/aromatic N) is 1. The zero-order valence-corrected chi connectivity index (χ0v) is 22.3. The number of anilines is 1. The van der Waals surface area contributed by atoms with Gasteiger partial charge in [0.15, 0.2) is 0 Å². The van der Waals surface area contributed by atoms with Crippen LogP contribution in [0.1, 0.15) is 27.0 Å². The molecule has 0 spiro atoms. The van der Waals surface area contributed by atoms with E-state index in [1.807, 2.05) is 55.5 Å². The molecular weight excluding hydrogens is 554 g/mol. The van der Waals surface area contributed by atoms with Crippen LogP contribution >= 0.6 is 15.9 Å². The van der Waals surface area contributed by atoms with Crippen molar-refractivity contribution in [2.24, 2.45) is 5.10 Å². The number of hydrogen-bond acceptors (Lipinski definition) is 5. The second-order valence-electron chi connectivity index (χ2n) is 8.15. The lowest BCUT2D eigenvalue weighted by molar-refractivity contribution is 0.0955. The van der Waals surface area contributed by atoms with E-state index >= 15 is 0 Å². The number of rotatable bonds is 9. The van der Waals surface area contributed by atoms with Crippen molar-refractivity contribution in [2.75, 3.05) is 4.72 Å². The molecular formula is C28H24BrN3O4S. The maximum absolute atomic E-state index is 12.6. The summed E-state index contributed by atoms with van der Waals surface area (Å²) in [5.41, 5.74) is 5.84.